The summed E-state index contributed by atoms with van der Waals surface area (Å²) >= 11 is 0. The first kappa shape index (κ1) is 12.3. The largest absolute Gasteiger partial charge is 0.508 e. The number of phenols is 1. The molecule has 2 nitrogen and oxygen atoms in total. The maximum atomic E-state index is 9.41. The fraction of sp³-hybridized carbons (Fsp3) is 0. The van der Waals surface area contributed by atoms with E-state index in [4.69, 9.17) is 5.73 Å². The van der Waals surface area contributed by atoms with Gasteiger partial charge in [-0.1, -0.05) is 48.5 Å². The number of hydrogen-bond acceptors (Lipinski definition) is 2. The van der Waals surface area contributed by atoms with Crippen LogP contribution >= 0.6 is 0 Å². The fourth-order valence-corrected chi connectivity index (χ4v) is 2.31. The highest BCUT2D eigenvalue weighted by Gasteiger charge is 2.07. The predicted octanol–water partition coefficient (Wildman–Crippen LogP) is 4.31. The van der Waals surface area contributed by atoms with Crippen LogP contribution in [0.3, 0.4) is 0 Å². The third-order valence-corrected chi connectivity index (χ3v) is 3.31. The Morgan fingerprint density at radius 1 is 0.650 bits per heavy atom. The molecule has 0 aromatic heterocycles. The summed E-state index contributed by atoms with van der Waals surface area (Å²) in [4.78, 5) is 0. The Morgan fingerprint density at radius 3 is 2.00 bits per heavy atom. The van der Waals surface area contributed by atoms with E-state index >= 15 is 0 Å². The summed E-state index contributed by atoms with van der Waals surface area (Å²) in [5.74, 6) is 0.269. The Kier molecular flexibility index (Phi) is 3.13. The van der Waals surface area contributed by atoms with Crippen molar-refractivity contribution >= 4 is 5.69 Å². The molecule has 2 heteroatoms. The molecular formula is C18H15NO. The minimum absolute atomic E-state index is 0.269. The van der Waals surface area contributed by atoms with E-state index in [1.807, 2.05) is 48.5 Å². The number of anilines is 1. The van der Waals surface area contributed by atoms with Crippen LogP contribution in [-0.4, -0.2) is 5.11 Å². The Morgan fingerprint density at radius 2 is 1.30 bits per heavy atom. The fourth-order valence-electron chi connectivity index (χ4n) is 2.31. The molecule has 3 N–H and O–H groups in total. The zero-order valence-corrected chi connectivity index (χ0v) is 11.0. The van der Waals surface area contributed by atoms with Crippen molar-refractivity contribution in [1.82, 2.24) is 0 Å². The Balaban J connectivity index is 2.19. The van der Waals surface area contributed by atoms with Crippen LogP contribution in [0.25, 0.3) is 22.3 Å². The van der Waals surface area contributed by atoms with Crippen LogP contribution in [0.5, 0.6) is 5.75 Å². The molecule has 0 radical (unpaired) electrons. The van der Waals surface area contributed by atoms with Gasteiger partial charge >= 0.3 is 0 Å². The Labute approximate surface area is 118 Å². The van der Waals surface area contributed by atoms with Crippen LogP contribution in [0.2, 0.25) is 0 Å². The van der Waals surface area contributed by atoms with E-state index in [9.17, 15) is 5.11 Å². The summed E-state index contributed by atoms with van der Waals surface area (Å²) in [6.07, 6.45) is 0. The van der Waals surface area contributed by atoms with Gasteiger partial charge in [-0.15, -0.1) is 0 Å². The lowest BCUT2D eigenvalue weighted by Gasteiger charge is -2.11. The van der Waals surface area contributed by atoms with Crippen molar-refractivity contribution < 1.29 is 5.11 Å². The van der Waals surface area contributed by atoms with E-state index in [0.29, 0.717) is 0 Å². The molecule has 0 fully saturated rings. The molecule has 0 heterocycles. The van der Waals surface area contributed by atoms with Crippen molar-refractivity contribution in [2.75, 3.05) is 5.73 Å². The van der Waals surface area contributed by atoms with Crippen molar-refractivity contribution in [2.24, 2.45) is 0 Å². The molecule has 0 amide bonds. The van der Waals surface area contributed by atoms with Crippen molar-refractivity contribution in [2.45, 2.75) is 0 Å². The molecule has 0 saturated heterocycles. The van der Waals surface area contributed by atoms with Crippen LogP contribution in [0.4, 0.5) is 5.69 Å². The highest BCUT2D eigenvalue weighted by Crippen LogP contribution is 2.34. The second kappa shape index (κ2) is 5.10. The Bertz CT molecular complexity index is 718. The summed E-state index contributed by atoms with van der Waals surface area (Å²) in [5.41, 5.74) is 11.0. The molecule has 0 saturated carbocycles. The molecule has 98 valence electrons. The zero-order valence-electron chi connectivity index (χ0n) is 11.0. The number of nitrogen functional groups attached to an aromatic ring is 1. The first-order valence-electron chi connectivity index (χ1n) is 6.48. The summed E-state index contributed by atoms with van der Waals surface area (Å²) in [6.45, 7) is 0. The first-order valence-corrected chi connectivity index (χ1v) is 6.48. The third-order valence-electron chi connectivity index (χ3n) is 3.31. The number of hydrogen-bond donors (Lipinski definition) is 2. The normalized spacial score (nSPS) is 10.4. The van der Waals surface area contributed by atoms with Crippen LogP contribution in [0.15, 0.2) is 72.8 Å². The molecule has 0 aliphatic carbocycles. The van der Waals surface area contributed by atoms with Gasteiger partial charge in [0.25, 0.3) is 0 Å². The van der Waals surface area contributed by atoms with Gasteiger partial charge in [0.2, 0.25) is 0 Å². The summed E-state index contributed by atoms with van der Waals surface area (Å²) in [5, 5.41) is 9.41. The number of nitrogens with two attached hydrogens (primary N) is 1. The average molecular weight is 261 g/mol. The van der Waals surface area contributed by atoms with Gasteiger partial charge in [-0.05, 0) is 46.5 Å². The molecule has 0 bridgehead atoms. The second-order valence-electron chi connectivity index (χ2n) is 4.72. The first-order chi connectivity index (χ1) is 9.74. The lowest BCUT2D eigenvalue weighted by molar-refractivity contribution is 0.475. The average Bonchev–Trinajstić information content (AvgIpc) is 2.49. The SMILES string of the molecule is Nc1ccc(-c2ccc(O)cc2)c(-c2ccccc2)c1. The van der Waals surface area contributed by atoms with Gasteiger partial charge < -0.3 is 10.8 Å². The maximum absolute atomic E-state index is 9.41. The van der Waals surface area contributed by atoms with E-state index < -0.39 is 0 Å². The zero-order chi connectivity index (χ0) is 13.9. The number of aromatic hydroxyl groups is 1. The van der Waals surface area contributed by atoms with Crippen molar-refractivity contribution in [3.8, 4) is 28.0 Å². The molecule has 3 aromatic rings. The predicted molar refractivity (Wildman–Crippen MR) is 83.4 cm³/mol. The number of phenolic OH excluding ortho intramolecular Hbond substituents is 1. The minimum Gasteiger partial charge on any atom is -0.508 e. The van der Waals surface area contributed by atoms with Gasteiger partial charge in [0.1, 0.15) is 5.75 Å². The molecule has 3 rings (SSSR count). The van der Waals surface area contributed by atoms with Gasteiger partial charge in [-0.2, -0.15) is 0 Å². The van der Waals surface area contributed by atoms with Gasteiger partial charge in [0.15, 0.2) is 0 Å². The lowest BCUT2D eigenvalue weighted by atomic mass is 9.94. The molecule has 20 heavy (non-hydrogen) atoms. The molecule has 0 aliphatic heterocycles. The topological polar surface area (TPSA) is 46.2 Å². The summed E-state index contributed by atoms with van der Waals surface area (Å²) < 4.78 is 0. The van der Waals surface area contributed by atoms with Gasteiger partial charge in [-0.25, -0.2) is 0 Å². The van der Waals surface area contributed by atoms with E-state index in [1.54, 1.807) is 12.1 Å². The minimum atomic E-state index is 0.269. The maximum Gasteiger partial charge on any atom is 0.115 e. The summed E-state index contributed by atoms with van der Waals surface area (Å²) in [6, 6.07) is 23.3. The van der Waals surface area contributed by atoms with Gasteiger partial charge in [0, 0.05) is 5.69 Å². The van der Waals surface area contributed by atoms with E-state index in [0.717, 1.165) is 27.9 Å². The van der Waals surface area contributed by atoms with Crippen molar-refractivity contribution in [1.29, 1.82) is 0 Å². The standard InChI is InChI=1S/C18H15NO/c19-15-8-11-17(14-6-9-16(20)10-7-14)18(12-15)13-4-2-1-3-5-13/h1-12,20H,19H2. The number of rotatable bonds is 2. The van der Waals surface area contributed by atoms with E-state index in [-0.39, 0.29) is 5.75 Å². The van der Waals surface area contributed by atoms with E-state index in [1.165, 1.54) is 0 Å². The quantitative estimate of drug-likeness (QED) is 0.675. The van der Waals surface area contributed by atoms with Crippen LogP contribution in [0, 0.1) is 0 Å². The highest BCUT2D eigenvalue weighted by atomic mass is 16.3. The molecular weight excluding hydrogens is 246 g/mol. The molecule has 3 aromatic carbocycles. The lowest BCUT2D eigenvalue weighted by Crippen LogP contribution is -1.89. The summed E-state index contributed by atoms with van der Waals surface area (Å²) in [7, 11) is 0. The van der Waals surface area contributed by atoms with Crippen LogP contribution in [0.1, 0.15) is 0 Å². The molecule has 0 unspecified atom stereocenters. The number of benzene rings is 3. The van der Waals surface area contributed by atoms with Crippen LogP contribution < -0.4 is 5.73 Å². The highest BCUT2D eigenvalue weighted by molar-refractivity contribution is 5.85. The third kappa shape index (κ3) is 2.36. The van der Waals surface area contributed by atoms with Gasteiger partial charge in [0.05, 0.1) is 0 Å². The van der Waals surface area contributed by atoms with E-state index in [2.05, 4.69) is 12.1 Å². The van der Waals surface area contributed by atoms with Crippen molar-refractivity contribution in [3.63, 3.8) is 0 Å². The Hall–Kier alpha value is -2.74. The monoisotopic (exact) mass is 261 g/mol. The molecule has 0 atom stereocenters. The molecule has 0 spiro atoms. The van der Waals surface area contributed by atoms with Crippen LogP contribution in [-0.2, 0) is 0 Å². The van der Waals surface area contributed by atoms with Gasteiger partial charge in [-0.3, -0.25) is 0 Å². The second-order valence-corrected chi connectivity index (χ2v) is 4.72. The smallest absolute Gasteiger partial charge is 0.115 e. The van der Waals surface area contributed by atoms with Crippen molar-refractivity contribution in [3.05, 3.63) is 72.8 Å². The molecule has 0 aliphatic rings.